The first-order valence-corrected chi connectivity index (χ1v) is 4.54. The monoisotopic (exact) mass is 236 g/mol. The van der Waals surface area contributed by atoms with Crippen molar-refractivity contribution in [3.63, 3.8) is 0 Å². The van der Waals surface area contributed by atoms with E-state index in [1.807, 2.05) is 0 Å². The molecule has 1 N–H and O–H groups in total. The molecule has 3 nitrogen and oxygen atoms in total. The van der Waals surface area contributed by atoms with Crippen LogP contribution in [0, 0.1) is 0 Å². The fourth-order valence-electron chi connectivity index (χ4n) is 1.05. The standard InChI is InChI=1S/C10H11F3O3/c11-10(12,13)16-5-4-15-9-3-1-2-8(6-9)7-14/h1-3,6,14H,4-5,7H2. The van der Waals surface area contributed by atoms with Crippen molar-refractivity contribution in [3.05, 3.63) is 29.8 Å². The lowest BCUT2D eigenvalue weighted by Crippen LogP contribution is -2.18. The molecule has 0 heterocycles. The summed E-state index contributed by atoms with van der Waals surface area (Å²) >= 11 is 0. The molecule has 0 saturated heterocycles. The zero-order chi connectivity index (χ0) is 12.0. The molecule has 0 unspecified atom stereocenters. The molecule has 0 radical (unpaired) electrons. The lowest BCUT2D eigenvalue weighted by molar-refractivity contribution is -0.325. The molecule has 0 aliphatic heterocycles. The second-order valence-corrected chi connectivity index (χ2v) is 2.95. The van der Waals surface area contributed by atoms with E-state index in [-0.39, 0.29) is 13.2 Å². The van der Waals surface area contributed by atoms with Crippen LogP contribution in [-0.4, -0.2) is 24.7 Å². The van der Waals surface area contributed by atoms with E-state index in [4.69, 9.17) is 9.84 Å². The number of alkyl halides is 3. The highest BCUT2D eigenvalue weighted by atomic mass is 19.4. The maximum absolute atomic E-state index is 11.6. The molecule has 1 aromatic rings. The van der Waals surface area contributed by atoms with Crippen LogP contribution in [0.5, 0.6) is 5.75 Å². The summed E-state index contributed by atoms with van der Waals surface area (Å²) in [7, 11) is 0. The van der Waals surface area contributed by atoms with Crippen molar-refractivity contribution in [1.29, 1.82) is 0 Å². The minimum Gasteiger partial charge on any atom is -0.491 e. The Hall–Kier alpha value is -1.27. The Morgan fingerprint density at radius 3 is 2.56 bits per heavy atom. The Bertz CT molecular complexity index is 325. The molecule has 1 rings (SSSR count). The van der Waals surface area contributed by atoms with Crippen molar-refractivity contribution in [3.8, 4) is 5.75 Å². The molecule has 0 bridgehead atoms. The zero-order valence-corrected chi connectivity index (χ0v) is 8.33. The summed E-state index contributed by atoms with van der Waals surface area (Å²) in [6, 6.07) is 6.46. The normalized spacial score (nSPS) is 11.5. The smallest absolute Gasteiger partial charge is 0.491 e. The average molecular weight is 236 g/mol. The van der Waals surface area contributed by atoms with Gasteiger partial charge in [-0.15, -0.1) is 13.2 Å². The van der Waals surface area contributed by atoms with Gasteiger partial charge in [-0.2, -0.15) is 0 Å². The third-order valence-corrected chi connectivity index (χ3v) is 1.70. The molecule has 0 amide bonds. The van der Waals surface area contributed by atoms with Crippen molar-refractivity contribution in [2.75, 3.05) is 13.2 Å². The maximum Gasteiger partial charge on any atom is 0.522 e. The van der Waals surface area contributed by atoms with E-state index in [2.05, 4.69) is 4.74 Å². The number of hydrogen-bond acceptors (Lipinski definition) is 3. The number of benzene rings is 1. The van der Waals surface area contributed by atoms with E-state index < -0.39 is 13.0 Å². The molecule has 6 heteroatoms. The predicted octanol–water partition coefficient (Wildman–Crippen LogP) is 2.09. The van der Waals surface area contributed by atoms with E-state index in [0.717, 1.165) is 0 Å². The quantitative estimate of drug-likeness (QED) is 0.795. The van der Waals surface area contributed by atoms with E-state index in [1.54, 1.807) is 24.3 Å². The van der Waals surface area contributed by atoms with Crippen molar-refractivity contribution in [2.24, 2.45) is 0 Å². The summed E-state index contributed by atoms with van der Waals surface area (Å²) in [5.41, 5.74) is 0.634. The van der Waals surface area contributed by atoms with Gasteiger partial charge in [0.25, 0.3) is 0 Å². The van der Waals surface area contributed by atoms with Gasteiger partial charge in [0.05, 0.1) is 13.2 Å². The lowest BCUT2D eigenvalue weighted by Gasteiger charge is -2.09. The minimum absolute atomic E-state index is 0.143. The first-order chi connectivity index (χ1) is 7.51. The summed E-state index contributed by atoms with van der Waals surface area (Å²) in [5, 5.41) is 8.81. The summed E-state index contributed by atoms with van der Waals surface area (Å²) in [6.45, 7) is -0.905. The molecule has 90 valence electrons. The van der Waals surface area contributed by atoms with Gasteiger partial charge in [0.1, 0.15) is 12.4 Å². The van der Waals surface area contributed by atoms with Crippen molar-refractivity contribution >= 4 is 0 Å². The highest BCUT2D eigenvalue weighted by Gasteiger charge is 2.28. The third kappa shape index (κ3) is 4.99. The minimum atomic E-state index is -4.63. The van der Waals surface area contributed by atoms with Crippen LogP contribution in [0.2, 0.25) is 0 Å². The van der Waals surface area contributed by atoms with E-state index >= 15 is 0 Å². The molecular formula is C10H11F3O3. The number of hydrogen-bond donors (Lipinski definition) is 1. The number of halogens is 3. The van der Waals surface area contributed by atoms with Crippen LogP contribution in [0.3, 0.4) is 0 Å². The number of aliphatic hydroxyl groups excluding tert-OH is 1. The molecule has 0 atom stereocenters. The highest BCUT2D eigenvalue weighted by Crippen LogP contribution is 2.16. The average Bonchev–Trinajstić information content (AvgIpc) is 2.23. The van der Waals surface area contributed by atoms with Crippen molar-refractivity contribution < 1.29 is 27.8 Å². The van der Waals surface area contributed by atoms with Crippen LogP contribution in [0.15, 0.2) is 24.3 Å². The maximum atomic E-state index is 11.6. The van der Waals surface area contributed by atoms with Crippen molar-refractivity contribution in [2.45, 2.75) is 13.0 Å². The van der Waals surface area contributed by atoms with E-state index in [1.165, 1.54) is 0 Å². The van der Waals surface area contributed by atoms with E-state index in [0.29, 0.717) is 11.3 Å². The second-order valence-electron chi connectivity index (χ2n) is 2.95. The summed E-state index contributed by atoms with van der Waals surface area (Å²) in [6.07, 6.45) is -4.63. The Morgan fingerprint density at radius 1 is 1.19 bits per heavy atom. The molecular weight excluding hydrogens is 225 g/mol. The Morgan fingerprint density at radius 2 is 1.94 bits per heavy atom. The van der Waals surface area contributed by atoms with Gasteiger partial charge < -0.3 is 9.84 Å². The molecule has 0 spiro atoms. The van der Waals surface area contributed by atoms with Gasteiger partial charge in [-0.3, -0.25) is 4.74 Å². The number of ether oxygens (including phenoxy) is 2. The molecule has 1 aromatic carbocycles. The molecule has 0 fully saturated rings. The van der Waals surface area contributed by atoms with Crippen LogP contribution in [0.1, 0.15) is 5.56 Å². The molecule has 0 aromatic heterocycles. The number of aliphatic hydroxyl groups is 1. The van der Waals surface area contributed by atoms with Gasteiger partial charge in [-0.1, -0.05) is 12.1 Å². The van der Waals surface area contributed by atoms with Gasteiger partial charge in [0.2, 0.25) is 0 Å². The third-order valence-electron chi connectivity index (χ3n) is 1.70. The SMILES string of the molecule is OCc1cccc(OCCOC(F)(F)F)c1. The molecule has 16 heavy (non-hydrogen) atoms. The van der Waals surface area contributed by atoms with Crippen molar-refractivity contribution in [1.82, 2.24) is 0 Å². The fourth-order valence-corrected chi connectivity index (χ4v) is 1.05. The topological polar surface area (TPSA) is 38.7 Å². The van der Waals surface area contributed by atoms with Gasteiger partial charge >= 0.3 is 6.36 Å². The second kappa shape index (κ2) is 5.72. The van der Waals surface area contributed by atoms with Gasteiger partial charge in [0.15, 0.2) is 0 Å². The highest BCUT2D eigenvalue weighted by molar-refractivity contribution is 5.27. The molecule has 0 aliphatic carbocycles. The van der Waals surface area contributed by atoms with Gasteiger partial charge in [-0.25, -0.2) is 0 Å². The zero-order valence-electron chi connectivity index (χ0n) is 8.33. The van der Waals surface area contributed by atoms with Crippen LogP contribution in [0.25, 0.3) is 0 Å². The molecule has 0 aliphatic rings. The predicted molar refractivity (Wildman–Crippen MR) is 49.9 cm³/mol. The van der Waals surface area contributed by atoms with E-state index in [9.17, 15) is 13.2 Å². The summed E-state index contributed by atoms with van der Waals surface area (Å²) in [4.78, 5) is 0. The first kappa shape index (κ1) is 12.8. The fraction of sp³-hybridized carbons (Fsp3) is 0.400. The summed E-state index contributed by atoms with van der Waals surface area (Å²) < 4.78 is 43.3. The van der Waals surface area contributed by atoms with Crippen LogP contribution < -0.4 is 4.74 Å². The number of rotatable bonds is 5. The van der Waals surface area contributed by atoms with Crippen LogP contribution in [-0.2, 0) is 11.3 Å². The molecule has 0 saturated carbocycles. The summed E-state index contributed by atoms with van der Waals surface area (Å²) in [5.74, 6) is 0.400. The van der Waals surface area contributed by atoms with Gasteiger partial charge in [-0.05, 0) is 17.7 Å². The lowest BCUT2D eigenvalue weighted by atomic mass is 10.2. The first-order valence-electron chi connectivity index (χ1n) is 4.54. The largest absolute Gasteiger partial charge is 0.522 e. The van der Waals surface area contributed by atoms with Crippen LogP contribution in [0.4, 0.5) is 13.2 Å². The Balaban J connectivity index is 2.32. The van der Waals surface area contributed by atoms with Crippen LogP contribution >= 0.6 is 0 Å². The Kier molecular flexibility index (Phi) is 4.57. The Labute approximate surface area is 90.4 Å². The van der Waals surface area contributed by atoms with Gasteiger partial charge in [0, 0.05) is 0 Å².